The van der Waals surface area contributed by atoms with E-state index in [1.165, 1.54) is 0 Å². The lowest BCUT2D eigenvalue weighted by atomic mass is 9.73. The first-order valence-corrected chi connectivity index (χ1v) is 8.68. The highest BCUT2D eigenvalue weighted by atomic mass is 16.5. The first kappa shape index (κ1) is 17.1. The highest BCUT2D eigenvalue weighted by Gasteiger charge is 2.47. The average molecular weight is 330 g/mol. The van der Waals surface area contributed by atoms with Crippen molar-refractivity contribution in [3.63, 3.8) is 0 Å². The fraction of sp³-hybridized carbons (Fsp3) is 0.579. The van der Waals surface area contributed by atoms with Crippen LogP contribution in [0.3, 0.4) is 0 Å². The van der Waals surface area contributed by atoms with Crippen LogP contribution in [0.15, 0.2) is 30.9 Å². The normalized spacial score (nSPS) is 26.7. The van der Waals surface area contributed by atoms with Crippen LogP contribution < -0.4 is 0 Å². The van der Waals surface area contributed by atoms with E-state index in [1.807, 2.05) is 24.0 Å². The van der Waals surface area contributed by atoms with Crippen molar-refractivity contribution in [1.29, 1.82) is 0 Å². The minimum Gasteiger partial charge on any atom is -0.377 e. The second-order valence-corrected chi connectivity index (χ2v) is 6.81. The van der Waals surface area contributed by atoms with Crippen LogP contribution in [-0.4, -0.2) is 54.8 Å². The van der Waals surface area contributed by atoms with E-state index in [1.54, 1.807) is 12.1 Å². The number of carbonyl (C=O) groups excluding carboxylic acids is 1. The fourth-order valence-electron chi connectivity index (χ4n) is 3.84. The molecule has 3 heterocycles. The van der Waals surface area contributed by atoms with Crippen molar-refractivity contribution >= 4 is 5.91 Å². The number of likely N-dealkylation sites (tertiary alicyclic amines) is 1. The number of aryl methyl sites for hydroxylation is 1. The monoisotopic (exact) mass is 330 g/mol. The van der Waals surface area contributed by atoms with E-state index in [2.05, 4.69) is 11.6 Å². The molecule has 0 unspecified atom stereocenters. The van der Waals surface area contributed by atoms with E-state index in [4.69, 9.17) is 9.47 Å². The minimum absolute atomic E-state index is 0.00539. The SMILES string of the molecule is C=CCOC[C@@]12CCCO[C@@H]1CCN(C(=O)c1cccc(C)n1)C2. The molecule has 0 bridgehead atoms. The van der Waals surface area contributed by atoms with Gasteiger partial charge >= 0.3 is 0 Å². The molecule has 5 nitrogen and oxygen atoms in total. The van der Waals surface area contributed by atoms with Gasteiger partial charge in [0.2, 0.25) is 0 Å². The van der Waals surface area contributed by atoms with Crippen molar-refractivity contribution in [1.82, 2.24) is 9.88 Å². The maximum Gasteiger partial charge on any atom is 0.272 e. The molecule has 24 heavy (non-hydrogen) atoms. The van der Waals surface area contributed by atoms with Gasteiger partial charge in [0.25, 0.3) is 5.91 Å². The van der Waals surface area contributed by atoms with Crippen LogP contribution in [0, 0.1) is 12.3 Å². The van der Waals surface area contributed by atoms with Gasteiger partial charge in [-0.1, -0.05) is 12.1 Å². The van der Waals surface area contributed by atoms with Crippen molar-refractivity contribution < 1.29 is 14.3 Å². The van der Waals surface area contributed by atoms with E-state index in [0.717, 1.165) is 31.6 Å². The molecule has 0 saturated carbocycles. The second kappa shape index (κ2) is 7.45. The summed E-state index contributed by atoms with van der Waals surface area (Å²) in [5.41, 5.74) is 1.27. The van der Waals surface area contributed by atoms with E-state index < -0.39 is 0 Å². The Balaban J connectivity index is 1.76. The molecule has 0 aliphatic carbocycles. The molecule has 1 amide bonds. The molecular formula is C19H26N2O3. The lowest BCUT2D eigenvalue weighted by molar-refractivity contribution is -0.144. The van der Waals surface area contributed by atoms with Crippen LogP contribution in [0.5, 0.6) is 0 Å². The molecule has 130 valence electrons. The molecule has 0 N–H and O–H groups in total. The number of fused-ring (bicyclic) bond motifs is 1. The predicted octanol–water partition coefficient (Wildman–Crippen LogP) is 2.60. The topological polar surface area (TPSA) is 51.7 Å². The summed E-state index contributed by atoms with van der Waals surface area (Å²) in [6.45, 7) is 8.94. The number of hydrogen-bond acceptors (Lipinski definition) is 4. The van der Waals surface area contributed by atoms with E-state index in [-0.39, 0.29) is 17.4 Å². The summed E-state index contributed by atoms with van der Waals surface area (Å²) in [5, 5.41) is 0. The van der Waals surface area contributed by atoms with Gasteiger partial charge in [-0.05, 0) is 38.3 Å². The quantitative estimate of drug-likeness (QED) is 0.615. The van der Waals surface area contributed by atoms with Crippen LogP contribution in [0.25, 0.3) is 0 Å². The largest absolute Gasteiger partial charge is 0.377 e. The van der Waals surface area contributed by atoms with Gasteiger partial charge in [-0.2, -0.15) is 0 Å². The zero-order valence-electron chi connectivity index (χ0n) is 14.4. The van der Waals surface area contributed by atoms with Crippen LogP contribution in [0.2, 0.25) is 0 Å². The second-order valence-electron chi connectivity index (χ2n) is 6.81. The smallest absolute Gasteiger partial charge is 0.272 e. The molecule has 5 heteroatoms. The molecule has 1 aromatic heterocycles. The van der Waals surface area contributed by atoms with Crippen LogP contribution in [-0.2, 0) is 9.47 Å². The summed E-state index contributed by atoms with van der Waals surface area (Å²) in [7, 11) is 0. The highest BCUT2D eigenvalue weighted by Crippen LogP contribution is 2.40. The van der Waals surface area contributed by atoms with Gasteiger partial charge in [0, 0.05) is 30.8 Å². The number of pyridine rings is 1. The van der Waals surface area contributed by atoms with Crippen molar-refractivity contribution in [2.45, 2.75) is 32.3 Å². The molecule has 2 aliphatic heterocycles. The van der Waals surface area contributed by atoms with E-state index in [0.29, 0.717) is 32.0 Å². The van der Waals surface area contributed by atoms with Gasteiger partial charge in [-0.3, -0.25) is 4.79 Å². The fourth-order valence-corrected chi connectivity index (χ4v) is 3.84. The number of hydrogen-bond donors (Lipinski definition) is 0. The molecule has 0 spiro atoms. The molecule has 0 aromatic carbocycles. The maximum atomic E-state index is 12.9. The zero-order chi connectivity index (χ0) is 17.0. The van der Waals surface area contributed by atoms with Gasteiger partial charge in [0.1, 0.15) is 5.69 Å². The standard InChI is InChI=1S/C19H26N2O3/c1-3-11-23-14-19-9-5-12-24-17(19)8-10-21(13-19)18(22)16-7-4-6-15(2)20-16/h3-4,6-7,17H,1,5,8-14H2,2H3/t17-,19+/m1/s1. The molecule has 2 aliphatic rings. The van der Waals surface area contributed by atoms with Crippen LogP contribution in [0.4, 0.5) is 0 Å². The zero-order valence-corrected chi connectivity index (χ0v) is 14.4. The Morgan fingerprint density at radius 3 is 3.25 bits per heavy atom. The van der Waals surface area contributed by atoms with Gasteiger partial charge < -0.3 is 14.4 Å². The molecular weight excluding hydrogens is 304 g/mol. The molecule has 3 rings (SSSR count). The maximum absolute atomic E-state index is 12.9. The van der Waals surface area contributed by atoms with Crippen molar-refractivity contribution in [2.24, 2.45) is 5.41 Å². The highest BCUT2D eigenvalue weighted by molar-refractivity contribution is 5.92. The van der Waals surface area contributed by atoms with Crippen molar-refractivity contribution in [2.75, 3.05) is 32.9 Å². The Labute approximate surface area is 143 Å². The molecule has 2 saturated heterocycles. The lowest BCUT2D eigenvalue weighted by Gasteiger charge is -2.50. The van der Waals surface area contributed by atoms with Crippen LogP contribution >= 0.6 is 0 Å². The Morgan fingerprint density at radius 2 is 2.46 bits per heavy atom. The summed E-state index contributed by atoms with van der Waals surface area (Å²) < 4.78 is 11.8. The Bertz CT molecular complexity index is 604. The van der Waals surface area contributed by atoms with Crippen molar-refractivity contribution in [3.05, 3.63) is 42.2 Å². The number of rotatable bonds is 5. The Hall–Kier alpha value is -1.72. The van der Waals surface area contributed by atoms with Gasteiger partial charge in [0.15, 0.2) is 0 Å². The third-order valence-electron chi connectivity index (χ3n) is 5.01. The van der Waals surface area contributed by atoms with Gasteiger partial charge in [-0.25, -0.2) is 4.98 Å². The lowest BCUT2D eigenvalue weighted by Crippen LogP contribution is -2.58. The van der Waals surface area contributed by atoms with Gasteiger partial charge in [-0.15, -0.1) is 6.58 Å². The summed E-state index contributed by atoms with van der Waals surface area (Å²) >= 11 is 0. The van der Waals surface area contributed by atoms with Gasteiger partial charge in [0.05, 0.1) is 19.3 Å². The number of aromatic nitrogens is 1. The Kier molecular flexibility index (Phi) is 5.31. The number of carbonyl (C=O) groups is 1. The molecule has 2 fully saturated rings. The number of amides is 1. The Morgan fingerprint density at radius 1 is 1.58 bits per heavy atom. The third-order valence-corrected chi connectivity index (χ3v) is 5.01. The first-order valence-electron chi connectivity index (χ1n) is 8.68. The van der Waals surface area contributed by atoms with Crippen molar-refractivity contribution in [3.8, 4) is 0 Å². The average Bonchev–Trinajstić information content (AvgIpc) is 2.61. The summed E-state index contributed by atoms with van der Waals surface area (Å²) in [5.74, 6) is 0.00539. The number of ether oxygens (including phenoxy) is 2. The first-order chi connectivity index (χ1) is 11.6. The van der Waals surface area contributed by atoms with E-state index in [9.17, 15) is 4.79 Å². The summed E-state index contributed by atoms with van der Waals surface area (Å²) in [6.07, 6.45) is 4.83. The predicted molar refractivity (Wildman–Crippen MR) is 91.9 cm³/mol. The van der Waals surface area contributed by atoms with E-state index >= 15 is 0 Å². The number of nitrogens with zero attached hydrogens (tertiary/aromatic N) is 2. The number of piperidine rings is 1. The molecule has 0 radical (unpaired) electrons. The summed E-state index contributed by atoms with van der Waals surface area (Å²) in [6, 6.07) is 5.58. The molecule has 1 aromatic rings. The van der Waals surface area contributed by atoms with Crippen LogP contribution in [0.1, 0.15) is 35.4 Å². The molecule has 2 atom stereocenters. The third kappa shape index (κ3) is 3.52. The minimum atomic E-state index is -0.112. The summed E-state index contributed by atoms with van der Waals surface area (Å²) in [4.78, 5) is 19.2.